The average Bonchev–Trinajstić information content (AvgIpc) is 3.15. The summed E-state index contributed by atoms with van der Waals surface area (Å²) in [5.74, 6) is 0.885. The first-order chi connectivity index (χ1) is 8.81. The van der Waals surface area contributed by atoms with Crippen molar-refractivity contribution in [1.29, 1.82) is 0 Å². The van der Waals surface area contributed by atoms with Crippen LogP contribution in [-0.2, 0) is 13.6 Å². The van der Waals surface area contributed by atoms with E-state index in [1.807, 2.05) is 17.9 Å². The highest BCUT2D eigenvalue weighted by Gasteiger charge is 2.31. The molecule has 1 aliphatic heterocycles. The summed E-state index contributed by atoms with van der Waals surface area (Å²) in [4.78, 5) is 2.66. The topological polar surface area (TPSA) is 33.1 Å². The van der Waals surface area contributed by atoms with E-state index in [0.29, 0.717) is 0 Å². The van der Waals surface area contributed by atoms with Gasteiger partial charge in [-0.15, -0.1) is 0 Å². The summed E-state index contributed by atoms with van der Waals surface area (Å²) in [7, 11) is 2.00. The van der Waals surface area contributed by atoms with Crippen molar-refractivity contribution in [2.45, 2.75) is 38.3 Å². The highest BCUT2D eigenvalue weighted by molar-refractivity contribution is 5.00. The normalized spacial score (nSPS) is 21.7. The molecular weight excluding hydrogens is 224 g/mol. The van der Waals surface area contributed by atoms with Gasteiger partial charge in [0, 0.05) is 32.4 Å². The van der Waals surface area contributed by atoms with E-state index in [2.05, 4.69) is 21.4 Å². The molecular formula is C14H24N4. The lowest BCUT2D eigenvalue weighted by Gasteiger charge is -2.29. The van der Waals surface area contributed by atoms with Gasteiger partial charge in [-0.3, -0.25) is 9.58 Å². The highest BCUT2D eigenvalue weighted by Crippen LogP contribution is 2.30. The Balaban J connectivity index is 1.57. The van der Waals surface area contributed by atoms with Crippen LogP contribution in [0.3, 0.4) is 0 Å². The van der Waals surface area contributed by atoms with Crippen LogP contribution in [0, 0.1) is 5.92 Å². The smallest absolute Gasteiger partial charge is 0.0764 e. The molecule has 0 spiro atoms. The van der Waals surface area contributed by atoms with Gasteiger partial charge in [0.2, 0.25) is 0 Å². The predicted molar refractivity (Wildman–Crippen MR) is 72.2 cm³/mol. The number of nitrogens with zero attached hydrogens (tertiary/aromatic N) is 3. The molecule has 1 aromatic heterocycles. The summed E-state index contributed by atoms with van der Waals surface area (Å²) >= 11 is 0. The Morgan fingerprint density at radius 2 is 2.11 bits per heavy atom. The molecule has 100 valence electrons. The standard InChI is InChI=1S/C14H24N4/c1-17-9-6-13(16-17)11-18(14-2-3-14)10-12-4-7-15-8-5-12/h6,9,12,14-15H,2-5,7-8,10-11H2,1H3. The SMILES string of the molecule is Cn1ccc(CN(CC2CCNCC2)C2CC2)n1. The van der Waals surface area contributed by atoms with Crippen LogP contribution in [-0.4, -0.2) is 40.4 Å². The largest absolute Gasteiger partial charge is 0.317 e. The Bertz CT molecular complexity index is 377. The van der Waals surface area contributed by atoms with Crippen molar-refractivity contribution in [2.75, 3.05) is 19.6 Å². The zero-order valence-electron chi connectivity index (χ0n) is 11.3. The van der Waals surface area contributed by atoms with Crippen LogP contribution < -0.4 is 5.32 Å². The van der Waals surface area contributed by atoms with Gasteiger partial charge in [-0.1, -0.05) is 0 Å². The van der Waals surface area contributed by atoms with E-state index in [1.54, 1.807) is 0 Å². The van der Waals surface area contributed by atoms with Crippen LogP contribution in [0.1, 0.15) is 31.4 Å². The quantitative estimate of drug-likeness (QED) is 0.854. The molecule has 0 unspecified atom stereocenters. The molecule has 1 aromatic rings. The van der Waals surface area contributed by atoms with Gasteiger partial charge in [-0.25, -0.2) is 0 Å². The first-order valence-corrected chi connectivity index (χ1v) is 7.24. The predicted octanol–water partition coefficient (Wildman–Crippen LogP) is 1.38. The van der Waals surface area contributed by atoms with Crippen molar-refractivity contribution in [3.63, 3.8) is 0 Å². The third-order valence-electron chi connectivity index (χ3n) is 4.15. The molecule has 4 nitrogen and oxygen atoms in total. The van der Waals surface area contributed by atoms with Crippen LogP contribution in [0.2, 0.25) is 0 Å². The molecule has 18 heavy (non-hydrogen) atoms. The van der Waals surface area contributed by atoms with Gasteiger partial charge in [-0.2, -0.15) is 5.10 Å². The summed E-state index contributed by atoms with van der Waals surface area (Å²) in [6, 6.07) is 2.99. The molecule has 1 aliphatic carbocycles. The van der Waals surface area contributed by atoms with E-state index in [0.717, 1.165) is 18.5 Å². The monoisotopic (exact) mass is 248 g/mol. The van der Waals surface area contributed by atoms with Crippen LogP contribution in [0.15, 0.2) is 12.3 Å². The third kappa shape index (κ3) is 3.12. The molecule has 2 fully saturated rings. The maximum absolute atomic E-state index is 4.52. The number of aromatic nitrogens is 2. The third-order valence-corrected chi connectivity index (χ3v) is 4.15. The van der Waals surface area contributed by atoms with Crippen molar-refractivity contribution in [3.05, 3.63) is 18.0 Å². The number of rotatable bonds is 5. The van der Waals surface area contributed by atoms with E-state index in [4.69, 9.17) is 0 Å². The van der Waals surface area contributed by atoms with Gasteiger partial charge >= 0.3 is 0 Å². The number of hydrogen-bond acceptors (Lipinski definition) is 3. The summed E-state index contributed by atoms with van der Waals surface area (Å²) in [6.07, 6.45) is 7.50. The maximum Gasteiger partial charge on any atom is 0.0764 e. The highest BCUT2D eigenvalue weighted by atomic mass is 15.3. The van der Waals surface area contributed by atoms with Crippen molar-refractivity contribution in [3.8, 4) is 0 Å². The van der Waals surface area contributed by atoms with Crippen LogP contribution in [0.25, 0.3) is 0 Å². The van der Waals surface area contributed by atoms with Crippen LogP contribution in [0.4, 0.5) is 0 Å². The molecule has 0 atom stereocenters. The number of hydrogen-bond donors (Lipinski definition) is 1. The lowest BCUT2D eigenvalue weighted by molar-refractivity contribution is 0.188. The average molecular weight is 248 g/mol. The molecule has 0 aromatic carbocycles. The van der Waals surface area contributed by atoms with Gasteiger partial charge in [0.05, 0.1) is 5.69 Å². The summed E-state index contributed by atoms with van der Waals surface area (Å²) < 4.78 is 1.91. The molecule has 2 aliphatic rings. The maximum atomic E-state index is 4.52. The minimum absolute atomic E-state index is 0.835. The Labute approximate surface area is 109 Å². The molecule has 3 rings (SSSR count). The van der Waals surface area contributed by atoms with E-state index >= 15 is 0 Å². The van der Waals surface area contributed by atoms with Gasteiger partial charge in [0.15, 0.2) is 0 Å². The fraction of sp³-hybridized carbons (Fsp3) is 0.786. The number of nitrogens with one attached hydrogen (secondary N) is 1. The second kappa shape index (κ2) is 5.41. The zero-order valence-corrected chi connectivity index (χ0v) is 11.3. The Hall–Kier alpha value is -0.870. The number of aryl methyl sites for hydroxylation is 1. The van der Waals surface area contributed by atoms with Crippen molar-refractivity contribution >= 4 is 0 Å². The van der Waals surface area contributed by atoms with Crippen LogP contribution in [0.5, 0.6) is 0 Å². The van der Waals surface area contributed by atoms with Gasteiger partial charge in [0.25, 0.3) is 0 Å². The lowest BCUT2D eigenvalue weighted by atomic mass is 9.97. The second-order valence-electron chi connectivity index (χ2n) is 5.83. The zero-order chi connectivity index (χ0) is 12.4. The molecule has 4 heteroatoms. The van der Waals surface area contributed by atoms with E-state index in [9.17, 15) is 0 Å². The number of piperidine rings is 1. The Morgan fingerprint density at radius 3 is 2.72 bits per heavy atom. The van der Waals surface area contributed by atoms with E-state index in [1.165, 1.54) is 51.0 Å². The Morgan fingerprint density at radius 1 is 1.33 bits per heavy atom. The lowest BCUT2D eigenvalue weighted by Crippen LogP contribution is -2.37. The van der Waals surface area contributed by atoms with Gasteiger partial charge in [0.1, 0.15) is 0 Å². The minimum Gasteiger partial charge on any atom is -0.317 e. The van der Waals surface area contributed by atoms with Crippen molar-refractivity contribution < 1.29 is 0 Å². The molecule has 1 N–H and O–H groups in total. The van der Waals surface area contributed by atoms with Crippen molar-refractivity contribution in [2.24, 2.45) is 13.0 Å². The first-order valence-electron chi connectivity index (χ1n) is 7.24. The molecule has 2 heterocycles. The van der Waals surface area contributed by atoms with Gasteiger partial charge in [-0.05, 0) is 50.8 Å². The molecule has 0 bridgehead atoms. The summed E-state index contributed by atoms with van der Waals surface area (Å²) in [5, 5.41) is 7.97. The molecule has 1 saturated carbocycles. The molecule has 0 amide bonds. The minimum atomic E-state index is 0.835. The van der Waals surface area contributed by atoms with Crippen molar-refractivity contribution in [1.82, 2.24) is 20.0 Å². The van der Waals surface area contributed by atoms with E-state index in [-0.39, 0.29) is 0 Å². The van der Waals surface area contributed by atoms with Gasteiger partial charge < -0.3 is 5.32 Å². The second-order valence-corrected chi connectivity index (χ2v) is 5.83. The first kappa shape index (κ1) is 12.2. The fourth-order valence-electron chi connectivity index (χ4n) is 2.93. The fourth-order valence-corrected chi connectivity index (χ4v) is 2.93. The van der Waals surface area contributed by atoms with Crippen LogP contribution >= 0.6 is 0 Å². The molecule has 0 radical (unpaired) electrons. The Kier molecular flexibility index (Phi) is 3.66. The molecule has 1 saturated heterocycles. The summed E-state index contributed by atoms with van der Waals surface area (Å²) in [5.41, 5.74) is 1.22. The summed E-state index contributed by atoms with van der Waals surface area (Å²) in [6.45, 7) is 4.71. The van der Waals surface area contributed by atoms with E-state index < -0.39 is 0 Å².